The third-order valence-corrected chi connectivity index (χ3v) is 8.06. The maximum atomic E-state index is 13.1. The summed E-state index contributed by atoms with van der Waals surface area (Å²) in [7, 11) is 0. The quantitative estimate of drug-likeness (QED) is 0.472. The molecule has 9 nitrogen and oxygen atoms in total. The maximum absolute atomic E-state index is 13.1. The van der Waals surface area contributed by atoms with Crippen molar-refractivity contribution in [2.24, 2.45) is 0 Å². The smallest absolute Gasteiger partial charge is 0.228 e. The zero-order valence-corrected chi connectivity index (χ0v) is 19.9. The highest BCUT2D eigenvalue weighted by atomic mass is 32.1. The van der Waals surface area contributed by atoms with Crippen molar-refractivity contribution >= 4 is 34.7 Å². The molecule has 10 heteroatoms. The predicted molar refractivity (Wildman–Crippen MR) is 130 cm³/mol. The number of aliphatic hydroxyl groups excluding tert-OH is 1. The zero-order chi connectivity index (χ0) is 23.1. The minimum absolute atomic E-state index is 0.152. The first-order valence-corrected chi connectivity index (χ1v) is 13.1. The highest BCUT2D eigenvalue weighted by Gasteiger charge is 2.35. The second-order valence-corrected chi connectivity index (χ2v) is 10.6. The molecule has 2 aliphatic carbocycles. The van der Waals surface area contributed by atoms with Gasteiger partial charge in [0, 0.05) is 54.2 Å². The summed E-state index contributed by atoms with van der Waals surface area (Å²) >= 11 is 1.51. The van der Waals surface area contributed by atoms with Crippen LogP contribution in [0.25, 0.3) is 0 Å². The minimum Gasteiger partial charge on any atom is -0.392 e. The summed E-state index contributed by atoms with van der Waals surface area (Å²) < 4.78 is 0. The van der Waals surface area contributed by atoms with Crippen molar-refractivity contribution in [3.05, 3.63) is 39.6 Å². The van der Waals surface area contributed by atoms with E-state index in [9.17, 15) is 9.90 Å². The third kappa shape index (κ3) is 4.20. The molecule has 2 unspecified atom stereocenters. The number of ketones is 1. The fourth-order valence-corrected chi connectivity index (χ4v) is 6.21. The number of thiazole rings is 1. The number of carbonyl (C=O) groups is 1. The van der Waals surface area contributed by atoms with Gasteiger partial charge in [0.2, 0.25) is 5.95 Å². The Hall–Kier alpha value is -2.85. The molecule has 6 rings (SSSR count). The molecule has 2 atom stereocenters. The van der Waals surface area contributed by atoms with Crippen LogP contribution < -0.4 is 10.2 Å². The van der Waals surface area contributed by atoms with Crippen LogP contribution in [0.15, 0.2) is 17.6 Å². The summed E-state index contributed by atoms with van der Waals surface area (Å²) in [6.07, 6.45) is 9.28. The van der Waals surface area contributed by atoms with Crippen LogP contribution in [0.2, 0.25) is 0 Å². The molecular formula is C24H29N7O2S. The van der Waals surface area contributed by atoms with Gasteiger partial charge in [-0.2, -0.15) is 10.1 Å². The number of rotatable bonds is 7. The molecule has 34 heavy (non-hydrogen) atoms. The van der Waals surface area contributed by atoms with Crippen LogP contribution in [-0.2, 0) is 24.1 Å². The van der Waals surface area contributed by atoms with E-state index in [-0.39, 0.29) is 11.8 Å². The van der Waals surface area contributed by atoms with Gasteiger partial charge in [-0.05, 0) is 25.7 Å². The van der Waals surface area contributed by atoms with Crippen molar-refractivity contribution in [2.45, 2.75) is 75.9 Å². The second-order valence-electron chi connectivity index (χ2n) is 9.59. The first-order valence-electron chi connectivity index (χ1n) is 12.2. The molecule has 0 aromatic carbocycles. The van der Waals surface area contributed by atoms with Crippen LogP contribution in [-0.4, -0.2) is 54.7 Å². The molecule has 3 aromatic heterocycles. The van der Waals surface area contributed by atoms with E-state index < -0.39 is 6.10 Å². The average molecular weight is 480 g/mol. The van der Waals surface area contributed by atoms with E-state index >= 15 is 0 Å². The standard InChI is InChI=1S/C24H29N7O2S/c32-15-10-16-18(11-15)26-24(31-8-3-6-19(31)20(33)13-22-25-7-9-34-22)28-23(16)27-21-12-17(29-30-21)14-4-1-2-5-14/h7,9,12,14-15,19,32H,1-6,8,10-11,13H2,(H2,26,27,28,29,30). The molecule has 3 aromatic rings. The number of nitrogens with one attached hydrogen (secondary N) is 2. The lowest BCUT2D eigenvalue weighted by atomic mass is 10.0. The van der Waals surface area contributed by atoms with Gasteiger partial charge in [-0.15, -0.1) is 11.3 Å². The number of carbonyl (C=O) groups excluding carboxylic acids is 1. The molecule has 1 saturated heterocycles. The lowest BCUT2D eigenvalue weighted by Gasteiger charge is -2.24. The fraction of sp³-hybridized carbons (Fsp3) is 0.542. The van der Waals surface area contributed by atoms with Crippen molar-refractivity contribution in [1.82, 2.24) is 25.1 Å². The van der Waals surface area contributed by atoms with Crippen LogP contribution in [0.5, 0.6) is 0 Å². The van der Waals surface area contributed by atoms with Crippen molar-refractivity contribution < 1.29 is 9.90 Å². The number of anilines is 3. The van der Waals surface area contributed by atoms with Crippen LogP contribution in [0.1, 0.15) is 66.4 Å². The summed E-state index contributed by atoms with van der Waals surface area (Å²) in [6.45, 7) is 0.739. The van der Waals surface area contributed by atoms with Gasteiger partial charge in [-0.1, -0.05) is 12.8 Å². The van der Waals surface area contributed by atoms with E-state index in [1.54, 1.807) is 6.20 Å². The van der Waals surface area contributed by atoms with E-state index in [0.29, 0.717) is 36.9 Å². The molecule has 4 heterocycles. The van der Waals surface area contributed by atoms with Gasteiger partial charge in [0.15, 0.2) is 11.6 Å². The van der Waals surface area contributed by atoms with E-state index in [4.69, 9.17) is 9.97 Å². The zero-order valence-electron chi connectivity index (χ0n) is 19.0. The first-order chi connectivity index (χ1) is 16.6. The molecule has 3 N–H and O–H groups in total. The number of Topliss-reactive ketones (excluding diaryl/α,β-unsaturated/α-hetero) is 1. The first kappa shape index (κ1) is 21.7. The maximum Gasteiger partial charge on any atom is 0.228 e. The Kier molecular flexibility index (Phi) is 5.78. The monoisotopic (exact) mass is 479 g/mol. The molecular weight excluding hydrogens is 450 g/mol. The molecule has 1 aliphatic heterocycles. The Morgan fingerprint density at radius 1 is 1.21 bits per heavy atom. The van der Waals surface area contributed by atoms with Crippen molar-refractivity contribution in [1.29, 1.82) is 0 Å². The van der Waals surface area contributed by atoms with E-state index in [1.807, 2.05) is 10.3 Å². The normalized spacial score (nSPS) is 22.4. The number of aliphatic hydroxyl groups is 1. The van der Waals surface area contributed by atoms with Crippen LogP contribution >= 0.6 is 11.3 Å². The van der Waals surface area contributed by atoms with Gasteiger partial charge >= 0.3 is 0 Å². The minimum atomic E-state index is -0.464. The van der Waals surface area contributed by atoms with Gasteiger partial charge in [0.1, 0.15) is 5.82 Å². The number of hydrogen-bond donors (Lipinski definition) is 3. The van der Waals surface area contributed by atoms with Crippen molar-refractivity contribution in [2.75, 3.05) is 16.8 Å². The summed E-state index contributed by atoms with van der Waals surface area (Å²) in [5.41, 5.74) is 2.95. The number of fused-ring (bicyclic) bond motifs is 1. The summed E-state index contributed by atoms with van der Waals surface area (Å²) in [5, 5.41) is 24.1. The van der Waals surface area contributed by atoms with Crippen LogP contribution in [0.3, 0.4) is 0 Å². The van der Waals surface area contributed by atoms with E-state index in [2.05, 4.69) is 26.6 Å². The van der Waals surface area contributed by atoms with Gasteiger partial charge < -0.3 is 15.3 Å². The van der Waals surface area contributed by atoms with Gasteiger partial charge in [-0.3, -0.25) is 9.89 Å². The number of aromatic nitrogens is 5. The van der Waals surface area contributed by atoms with Crippen LogP contribution in [0, 0.1) is 0 Å². The number of H-pyrrole nitrogens is 1. The topological polar surface area (TPSA) is 120 Å². The predicted octanol–water partition coefficient (Wildman–Crippen LogP) is 3.30. The lowest BCUT2D eigenvalue weighted by Crippen LogP contribution is -2.38. The number of aromatic amines is 1. The number of hydrogen-bond acceptors (Lipinski definition) is 9. The molecule has 0 bridgehead atoms. The SMILES string of the molecule is O=C(Cc1nccs1)C1CCCN1c1nc2c(c(Nc3cc(C4CCCC4)[nH]n3)n1)CC(O)C2. The van der Waals surface area contributed by atoms with Gasteiger partial charge in [0.25, 0.3) is 0 Å². The van der Waals surface area contributed by atoms with Crippen LogP contribution in [0.4, 0.5) is 17.6 Å². The molecule has 178 valence electrons. The number of nitrogens with zero attached hydrogens (tertiary/aromatic N) is 5. The van der Waals surface area contributed by atoms with Gasteiger partial charge in [-0.25, -0.2) is 9.97 Å². The van der Waals surface area contributed by atoms with E-state index in [0.717, 1.165) is 41.5 Å². The highest BCUT2D eigenvalue weighted by molar-refractivity contribution is 7.09. The Labute approximate surface area is 202 Å². The van der Waals surface area contributed by atoms with E-state index in [1.165, 1.54) is 42.7 Å². The summed E-state index contributed by atoms with van der Waals surface area (Å²) in [4.78, 5) is 29.1. The summed E-state index contributed by atoms with van der Waals surface area (Å²) in [6, 6.07) is 1.83. The highest BCUT2D eigenvalue weighted by Crippen LogP contribution is 2.36. The Balaban J connectivity index is 1.27. The van der Waals surface area contributed by atoms with Crippen molar-refractivity contribution in [3.8, 4) is 0 Å². The molecule has 3 aliphatic rings. The average Bonchev–Trinajstić information content (AvgIpc) is 3.64. The lowest BCUT2D eigenvalue weighted by molar-refractivity contribution is -0.119. The molecule has 0 radical (unpaired) electrons. The molecule has 0 amide bonds. The Bertz CT molecular complexity index is 1170. The fourth-order valence-electron chi connectivity index (χ4n) is 5.58. The van der Waals surface area contributed by atoms with Gasteiger partial charge in [0.05, 0.1) is 29.3 Å². The molecule has 0 spiro atoms. The van der Waals surface area contributed by atoms with Crippen molar-refractivity contribution in [3.63, 3.8) is 0 Å². The molecule has 2 fully saturated rings. The molecule has 1 saturated carbocycles. The second kappa shape index (κ2) is 9.07. The summed E-state index contributed by atoms with van der Waals surface area (Å²) in [5.74, 6) is 2.66. The largest absolute Gasteiger partial charge is 0.392 e. The Morgan fingerprint density at radius 2 is 2.09 bits per heavy atom. The third-order valence-electron chi connectivity index (χ3n) is 7.28. The Morgan fingerprint density at radius 3 is 2.91 bits per heavy atom.